The molecular formula is C37H40N2O5S. The Hall–Kier alpha value is -4.17. The summed E-state index contributed by atoms with van der Waals surface area (Å²) in [6.45, 7) is 7.66. The number of hydrogen-bond acceptors (Lipinski definition) is 6. The normalized spacial score (nSPS) is 16.1. The molecule has 0 bridgehead atoms. The number of fused-ring (bicyclic) bond motifs is 1. The van der Waals surface area contributed by atoms with E-state index in [1.54, 1.807) is 29.3 Å². The summed E-state index contributed by atoms with van der Waals surface area (Å²) in [5.74, 6) is 1.37. The molecule has 0 radical (unpaired) electrons. The van der Waals surface area contributed by atoms with Crippen LogP contribution in [-0.2, 0) is 33.2 Å². The van der Waals surface area contributed by atoms with Crippen LogP contribution in [0.5, 0.6) is 11.5 Å². The van der Waals surface area contributed by atoms with Crippen molar-refractivity contribution in [2.75, 3.05) is 13.1 Å². The zero-order valence-electron chi connectivity index (χ0n) is 26.2. The molecule has 2 aliphatic heterocycles. The summed E-state index contributed by atoms with van der Waals surface area (Å²) in [5, 5.41) is 0. The molecule has 2 aliphatic rings. The number of likely N-dealkylation sites (tertiary alicyclic amines) is 1. The van der Waals surface area contributed by atoms with Gasteiger partial charge in [0, 0.05) is 32.1 Å². The van der Waals surface area contributed by atoms with Crippen molar-refractivity contribution in [1.82, 2.24) is 9.88 Å². The van der Waals surface area contributed by atoms with Crippen LogP contribution in [0.25, 0.3) is 11.1 Å². The predicted molar refractivity (Wildman–Crippen MR) is 176 cm³/mol. The van der Waals surface area contributed by atoms with E-state index in [9.17, 15) is 13.2 Å². The van der Waals surface area contributed by atoms with Crippen molar-refractivity contribution in [2.45, 2.75) is 69.0 Å². The van der Waals surface area contributed by atoms with Crippen LogP contribution in [0.4, 0.5) is 4.79 Å². The molecule has 1 amide bonds. The van der Waals surface area contributed by atoms with Gasteiger partial charge in [-0.05, 0) is 82.5 Å². The van der Waals surface area contributed by atoms with Crippen molar-refractivity contribution in [3.8, 4) is 22.6 Å². The van der Waals surface area contributed by atoms with Crippen LogP contribution in [0.15, 0.2) is 91.1 Å². The minimum Gasteiger partial charge on any atom is -0.487 e. The number of benzene rings is 3. The minimum atomic E-state index is -3.33. The molecule has 0 aliphatic carbocycles. The second-order valence-corrected chi connectivity index (χ2v) is 15.4. The van der Waals surface area contributed by atoms with Crippen molar-refractivity contribution in [2.24, 2.45) is 0 Å². The Kier molecular flexibility index (Phi) is 8.44. The van der Waals surface area contributed by atoms with Crippen LogP contribution in [-0.4, -0.2) is 43.1 Å². The molecule has 0 unspecified atom stereocenters. The molecule has 0 saturated carbocycles. The number of pyridine rings is 1. The zero-order valence-corrected chi connectivity index (χ0v) is 27.0. The highest BCUT2D eigenvalue weighted by atomic mass is 32.2. The Morgan fingerprint density at radius 2 is 1.60 bits per heavy atom. The van der Waals surface area contributed by atoms with E-state index in [0.29, 0.717) is 24.5 Å². The Balaban J connectivity index is 1.04. The summed E-state index contributed by atoms with van der Waals surface area (Å²) < 4.78 is 37.7. The van der Waals surface area contributed by atoms with E-state index in [4.69, 9.17) is 9.47 Å². The van der Waals surface area contributed by atoms with Gasteiger partial charge in [0.05, 0.1) is 17.2 Å². The topological polar surface area (TPSA) is 85.8 Å². The SMILES string of the molecule is CC(C)(C)c1ccc(OC(=O)N2CCC3(CCc4cc(-c5ccc(CS(=O)(=O)Cc6ccccn6)cc5)ccc4O3)CC2)cc1. The van der Waals surface area contributed by atoms with Gasteiger partial charge >= 0.3 is 6.09 Å². The van der Waals surface area contributed by atoms with Gasteiger partial charge < -0.3 is 14.4 Å². The van der Waals surface area contributed by atoms with E-state index in [0.717, 1.165) is 48.1 Å². The quantitative estimate of drug-likeness (QED) is 0.221. The number of rotatable bonds is 6. The second-order valence-electron chi connectivity index (χ2n) is 13.3. The molecule has 1 spiro atoms. The van der Waals surface area contributed by atoms with Gasteiger partial charge in [-0.1, -0.05) is 69.3 Å². The van der Waals surface area contributed by atoms with E-state index in [1.807, 2.05) is 54.6 Å². The van der Waals surface area contributed by atoms with Gasteiger partial charge in [0.25, 0.3) is 0 Å². The number of hydrogen-bond donors (Lipinski definition) is 0. The lowest BCUT2D eigenvalue weighted by molar-refractivity contribution is -0.00948. The molecule has 3 heterocycles. The molecule has 1 fully saturated rings. The monoisotopic (exact) mass is 624 g/mol. The molecule has 234 valence electrons. The van der Waals surface area contributed by atoms with Crippen molar-refractivity contribution in [1.29, 1.82) is 0 Å². The first-order valence-electron chi connectivity index (χ1n) is 15.6. The third-order valence-electron chi connectivity index (χ3n) is 8.86. The maximum Gasteiger partial charge on any atom is 0.415 e. The van der Waals surface area contributed by atoms with Crippen molar-refractivity contribution in [3.05, 3.63) is 114 Å². The fourth-order valence-corrected chi connectivity index (χ4v) is 7.57. The summed E-state index contributed by atoms with van der Waals surface area (Å²) in [5.41, 5.74) is 5.55. The average molecular weight is 625 g/mol. The maximum atomic E-state index is 12.9. The molecule has 1 aromatic heterocycles. The van der Waals surface area contributed by atoms with Gasteiger partial charge in [-0.2, -0.15) is 0 Å². The van der Waals surface area contributed by atoms with Crippen LogP contribution in [0.1, 0.15) is 62.4 Å². The Morgan fingerprint density at radius 1 is 0.889 bits per heavy atom. The first-order valence-corrected chi connectivity index (χ1v) is 17.4. The van der Waals surface area contributed by atoms with Crippen LogP contribution in [0.3, 0.4) is 0 Å². The molecule has 45 heavy (non-hydrogen) atoms. The third kappa shape index (κ3) is 7.39. The second kappa shape index (κ2) is 12.3. The highest BCUT2D eigenvalue weighted by Crippen LogP contribution is 2.41. The van der Waals surface area contributed by atoms with Crippen LogP contribution in [0.2, 0.25) is 0 Å². The summed E-state index contributed by atoms with van der Waals surface area (Å²) >= 11 is 0. The van der Waals surface area contributed by atoms with Gasteiger partial charge in [-0.25, -0.2) is 13.2 Å². The fourth-order valence-electron chi connectivity index (χ4n) is 6.15. The number of amides is 1. The van der Waals surface area contributed by atoms with Crippen molar-refractivity contribution < 1.29 is 22.7 Å². The smallest absolute Gasteiger partial charge is 0.415 e. The fraction of sp³-hybridized carbons (Fsp3) is 0.351. The summed E-state index contributed by atoms with van der Waals surface area (Å²) in [4.78, 5) is 18.8. The van der Waals surface area contributed by atoms with Crippen LogP contribution in [0, 0.1) is 0 Å². The summed E-state index contributed by atoms with van der Waals surface area (Å²) in [6.07, 6.45) is 4.62. The van der Waals surface area contributed by atoms with Gasteiger partial charge in [0.15, 0.2) is 9.84 Å². The molecule has 3 aromatic carbocycles. The lowest BCUT2D eigenvalue weighted by Gasteiger charge is -2.44. The molecule has 7 nitrogen and oxygen atoms in total. The molecule has 0 atom stereocenters. The largest absolute Gasteiger partial charge is 0.487 e. The number of aromatic nitrogens is 1. The van der Waals surface area contributed by atoms with E-state index in [2.05, 4.69) is 37.9 Å². The third-order valence-corrected chi connectivity index (χ3v) is 10.4. The molecule has 1 saturated heterocycles. The van der Waals surface area contributed by atoms with Gasteiger partial charge in [-0.15, -0.1) is 0 Å². The Bertz CT molecular complexity index is 1750. The van der Waals surface area contributed by atoms with Crippen LogP contribution >= 0.6 is 0 Å². The maximum absolute atomic E-state index is 12.9. The number of carbonyl (C=O) groups is 1. The number of aryl methyl sites for hydroxylation is 1. The first kappa shape index (κ1) is 30.8. The van der Waals surface area contributed by atoms with E-state index >= 15 is 0 Å². The number of ether oxygens (including phenoxy) is 2. The zero-order chi connectivity index (χ0) is 31.7. The standard InChI is InChI=1S/C37H40N2O5S/c1-36(2,3)31-12-14-33(15-13-31)43-35(40)39-22-19-37(20-23-39)18-17-30-24-29(11-16-34(30)44-37)28-9-7-27(8-10-28)25-45(41,42)26-32-6-4-5-21-38-32/h4-16,21,24H,17-20,22-23,25-26H2,1-3H3. The Morgan fingerprint density at radius 3 is 2.27 bits per heavy atom. The molecule has 6 rings (SSSR count). The van der Waals surface area contributed by atoms with Gasteiger partial charge in [-0.3, -0.25) is 4.98 Å². The van der Waals surface area contributed by atoms with E-state index < -0.39 is 9.84 Å². The van der Waals surface area contributed by atoms with Gasteiger partial charge in [0.1, 0.15) is 17.1 Å². The first-order chi connectivity index (χ1) is 21.5. The van der Waals surface area contributed by atoms with E-state index in [1.165, 1.54) is 11.1 Å². The number of nitrogens with zero attached hydrogens (tertiary/aromatic N) is 2. The summed E-state index contributed by atoms with van der Waals surface area (Å²) in [6, 6.07) is 27.1. The Labute approximate surface area is 266 Å². The molecular weight excluding hydrogens is 584 g/mol. The molecule has 0 N–H and O–H groups in total. The average Bonchev–Trinajstić information content (AvgIpc) is 3.01. The lowest BCUT2D eigenvalue weighted by atomic mass is 9.82. The number of carbonyl (C=O) groups excluding carboxylic acids is 1. The molecule has 4 aromatic rings. The van der Waals surface area contributed by atoms with E-state index in [-0.39, 0.29) is 28.6 Å². The number of sulfone groups is 1. The minimum absolute atomic E-state index is 0.0241. The molecule has 8 heteroatoms. The lowest BCUT2D eigenvalue weighted by Crippen LogP contribution is -2.51. The predicted octanol–water partition coefficient (Wildman–Crippen LogP) is 7.52. The van der Waals surface area contributed by atoms with Crippen molar-refractivity contribution >= 4 is 15.9 Å². The number of piperidine rings is 1. The van der Waals surface area contributed by atoms with Crippen LogP contribution < -0.4 is 9.47 Å². The van der Waals surface area contributed by atoms with Crippen molar-refractivity contribution in [3.63, 3.8) is 0 Å². The van der Waals surface area contributed by atoms with Gasteiger partial charge in [0.2, 0.25) is 0 Å². The highest BCUT2D eigenvalue weighted by molar-refractivity contribution is 7.89. The highest BCUT2D eigenvalue weighted by Gasteiger charge is 2.41. The summed E-state index contributed by atoms with van der Waals surface area (Å²) in [7, 11) is -3.33.